The van der Waals surface area contributed by atoms with Gasteiger partial charge in [0.1, 0.15) is 0 Å². The zero-order valence-electron chi connectivity index (χ0n) is 13.5. The lowest BCUT2D eigenvalue weighted by molar-refractivity contribution is -0.139. The van der Waals surface area contributed by atoms with Crippen LogP contribution in [0.15, 0.2) is 0 Å². The normalized spacial score (nSPS) is 13.5. The highest BCUT2D eigenvalue weighted by molar-refractivity contribution is 5.67. The molecule has 114 valence electrons. The predicted molar refractivity (Wildman–Crippen MR) is 82.4 cm³/mol. The molecule has 0 aromatic carbocycles. The molecule has 0 radical (unpaired) electrons. The van der Waals surface area contributed by atoms with Crippen LogP contribution in [0.2, 0.25) is 0 Å². The van der Waals surface area contributed by atoms with Crippen molar-refractivity contribution in [3.05, 3.63) is 0 Å². The van der Waals surface area contributed by atoms with E-state index >= 15 is 0 Å². The summed E-state index contributed by atoms with van der Waals surface area (Å²) < 4.78 is 0. The Balaban J connectivity index is 3.51. The van der Waals surface area contributed by atoms with Crippen LogP contribution < -0.4 is 0 Å². The molecular formula is C17H34O2. The molecule has 0 saturated heterocycles. The van der Waals surface area contributed by atoms with Crippen LogP contribution in [0, 0.1) is 11.3 Å². The molecule has 0 amide bonds. The summed E-state index contributed by atoms with van der Waals surface area (Å²) in [6.07, 6.45) is 11.8. The number of hydrogen-bond donors (Lipinski definition) is 1. The molecule has 0 aliphatic rings. The highest BCUT2D eigenvalue weighted by atomic mass is 16.4. The summed E-state index contributed by atoms with van der Waals surface area (Å²) in [5.41, 5.74) is -0.0431. The molecular weight excluding hydrogens is 236 g/mol. The van der Waals surface area contributed by atoms with Crippen molar-refractivity contribution in [2.75, 3.05) is 0 Å². The summed E-state index contributed by atoms with van der Waals surface area (Å²) in [6.45, 7) is 8.75. The summed E-state index contributed by atoms with van der Waals surface area (Å²) in [6, 6.07) is 0. The zero-order chi connectivity index (χ0) is 14.7. The number of aliphatic carboxylic acids is 1. The molecule has 1 atom stereocenters. The molecule has 0 saturated carbocycles. The van der Waals surface area contributed by atoms with E-state index in [9.17, 15) is 4.79 Å². The van der Waals surface area contributed by atoms with E-state index in [0.717, 1.165) is 12.3 Å². The molecule has 0 spiro atoms. The third-order valence-electron chi connectivity index (χ3n) is 3.98. The Morgan fingerprint density at radius 1 is 1.05 bits per heavy atom. The number of unbranched alkanes of at least 4 members (excludes halogenated alkanes) is 4. The van der Waals surface area contributed by atoms with Crippen molar-refractivity contribution in [2.45, 2.75) is 91.9 Å². The average molecular weight is 270 g/mol. The average Bonchev–Trinajstić information content (AvgIpc) is 2.27. The molecule has 0 bridgehead atoms. The summed E-state index contributed by atoms with van der Waals surface area (Å²) in [5, 5.41) is 8.83. The van der Waals surface area contributed by atoms with Gasteiger partial charge in [-0.3, -0.25) is 4.79 Å². The van der Waals surface area contributed by atoms with E-state index in [1.807, 2.05) is 0 Å². The first-order chi connectivity index (χ1) is 8.87. The minimum atomic E-state index is -0.672. The Hall–Kier alpha value is -0.530. The lowest BCUT2D eigenvalue weighted by Crippen LogP contribution is -2.16. The number of rotatable bonds is 12. The Labute approximate surface area is 120 Å². The molecule has 0 rings (SSSR count). The topological polar surface area (TPSA) is 37.3 Å². The van der Waals surface area contributed by atoms with Gasteiger partial charge in [0.15, 0.2) is 0 Å². The van der Waals surface area contributed by atoms with Gasteiger partial charge in [-0.1, -0.05) is 79.1 Å². The second-order valence-corrected chi connectivity index (χ2v) is 6.94. The molecule has 0 aromatic heterocycles. The van der Waals surface area contributed by atoms with E-state index in [4.69, 9.17) is 5.11 Å². The van der Waals surface area contributed by atoms with E-state index < -0.39 is 5.97 Å². The van der Waals surface area contributed by atoms with Crippen molar-refractivity contribution >= 4 is 5.97 Å². The van der Waals surface area contributed by atoms with Crippen LogP contribution in [-0.4, -0.2) is 11.1 Å². The summed E-state index contributed by atoms with van der Waals surface area (Å²) in [4.78, 5) is 10.7. The molecule has 0 aliphatic carbocycles. The van der Waals surface area contributed by atoms with Crippen molar-refractivity contribution in [3.63, 3.8) is 0 Å². The third-order valence-corrected chi connectivity index (χ3v) is 3.98. The van der Waals surface area contributed by atoms with Gasteiger partial charge in [-0.05, 0) is 17.8 Å². The van der Waals surface area contributed by atoms with Crippen LogP contribution in [0.4, 0.5) is 0 Å². The van der Waals surface area contributed by atoms with Gasteiger partial charge in [0.2, 0.25) is 0 Å². The summed E-state index contributed by atoms with van der Waals surface area (Å²) in [5.74, 6) is 0.188. The maximum Gasteiger partial charge on any atom is 0.303 e. The summed E-state index contributed by atoms with van der Waals surface area (Å²) >= 11 is 0. The Kier molecular flexibility index (Phi) is 9.99. The van der Waals surface area contributed by atoms with Gasteiger partial charge in [-0.15, -0.1) is 0 Å². The zero-order valence-corrected chi connectivity index (χ0v) is 13.5. The van der Waals surface area contributed by atoms with Gasteiger partial charge in [0.05, 0.1) is 6.42 Å². The quantitative estimate of drug-likeness (QED) is 0.465. The van der Waals surface area contributed by atoms with Crippen LogP contribution in [0.5, 0.6) is 0 Å². The standard InChI is InChI=1S/C17H34O2/c1-5-6-8-11-15(2)12-9-7-10-13-17(3,4)14-16(18)19/h15H,5-14H2,1-4H3,(H,18,19). The van der Waals surface area contributed by atoms with Crippen molar-refractivity contribution in [2.24, 2.45) is 11.3 Å². The van der Waals surface area contributed by atoms with Crippen LogP contribution in [0.25, 0.3) is 0 Å². The fourth-order valence-corrected chi connectivity index (χ4v) is 2.66. The van der Waals surface area contributed by atoms with Gasteiger partial charge in [0, 0.05) is 0 Å². The highest BCUT2D eigenvalue weighted by Crippen LogP contribution is 2.28. The Bertz CT molecular complexity index is 233. The van der Waals surface area contributed by atoms with Crippen LogP contribution in [0.1, 0.15) is 91.9 Å². The summed E-state index contributed by atoms with van der Waals surface area (Å²) in [7, 11) is 0. The molecule has 0 aliphatic heterocycles. The molecule has 2 nitrogen and oxygen atoms in total. The second-order valence-electron chi connectivity index (χ2n) is 6.94. The van der Waals surface area contributed by atoms with Crippen molar-refractivity contribution < 1.29 is 9.90 Å². The van der Waals surface area contributed by atoms with Crippen molar-refractivity contribution in [1.82, 2.24) is 0 Å². The van der Waals surface area contributed by atoms with Crippen LogP contribution in [-0.2, 0) is 4.79 Å². The second kappa shape index (κ2) is 10.3. The molecule has 1 unspecified atom stereocenters. The minimum Gasteiger partial charge on any atom is -0.481 e. The van der Waals surface area contributed by atoms with Crippen molar-refractivity contribution in [3.8, 4) is 0 Å². The lowest BCUT2D eigenvalue weighted by atomic mass is 9.83. The monoisotopic (exact) mass is 270 g/mol. The molecule has 0 heterocycles. The molecule has 0 aromatic rings. The predicted octanol–water partition coefficient (Wildman–Crippen LogP) is 5.65. The first-order valence-corrected chi connectivity index (χ1v) is 8.09. The van der Waals surface area contributed by atoms with Crippen molar-refractivity contribution in [1.29, 1.82) is 0 Å². The molecule has 0 fully saturated rings. The Morgan fingerprint density at radius 3 is 2.16 bits per heavy atom. The maximum absolute atomic E-state index is 10.7. The van der Waals surface area contributed by atoms with Gasteiger partial charge in [0.25, 0.3) is 0 Å². The fraction of sp³-hybridized carbons (Fsp3) is 0.941. The van der Waals surface area contributed by atoms with Gasteiger partial charge >= 0.3 is 5.97 Å². The fourth-order valence-electron chi connectivity index (χ4n) is 2.66. The van der Waals surface area contributed by atoms with E-state index in [1.54, 1.807) is 0 Å². The van der Waals surface area contributed by atoms with E-state index in [2.05, 4.69) is 27.7 Å². The maximum atomic E-state index is 10.7. The molecule has 2 heteroatoms. The minimum absolute atomic E-state index is 0.0431. The number of carboxylic acids is 1. The largest absolute Gasteiger partial charge is 0.481 e. The van der Waals surface area contributed by atoms with Gasteiger partial charge in [-0.25, -0.2) is 0 Å². The first-order valence-electron chi connectivity index (χ1n) is 8.09. The SMILES string of the molecule is CCCCCC(C)CCCCCC(C)(C)CC(=O)O. The number of carbonyl (C=O) groups is 1. The van der Waals surface area contributed by atoms with E-state index in [0.29, 0.717) is 6.42 Å². The number of hydrogen-bond acceptors (Lipinski definition) is 1. The van der Waals surface area contributed by atoms with Crippen LogP contribution >= 0.6 is 0 Å². The molecule has 1 N–H and O–H groups in total. The number of carboxylic acid groups (broad SMARTS) is 1. The molecule has 19 heavy (non-hydrogen) atoms. The van der Waals surface area contributed by atoms with Gasteiger partial charge < -0.3 is 5.11 Å². The lowest BCUT2D eigenvalue weighted by Gasteiger charge is -2.22. The Morgan fingerprint density at radius 2 is 1.63 bits per heavy atom. The van der Waals surface area contributed by atoms with Gasteiger partial charge in [-0.2, -0.15) is 0 Å². The third kappa shape index (κ3) is 12.3. The highest BCUT2D eigenvalue weighted by Gasteiger charge is 2.20. The van der Waals surface area contributed by atoms with Crippen LogP contribution in [0.3, 0.4) is 0 Å². The van der Waals surface area contributed by atoms with E-state index in [1.165, 1.54) is 51.4 Å². The van der Waals surface area contributed by atoms with E-state index in [-0.39, 0.29) is 5.41 Å². The smallest absolute Gasteiger partial charge is 0.303 e. The first kappa shape index (κ1) is 18.5.